The molecule has 2 aromatic rings. The molecule has 2 rings (SSSR count). The van der Waals surface area contributed by atoms with Crippen LogP contribution in [0.5, 0.6) is 0 Å². The van der Waals surface area contributed by atoms with Crippen molar-refractivity contribution in [1.82, 2.24) is 0 Å². The Bertz CT molecular complexity index is 500. The summed E-state index contributed by atoms with van der Waals surface area (Å²) in [6.45, 7) is 2.09. The average Bonchev–Trinajstić information content (AvgIpc) is 2.33. The van der Waals surface area contributed by atoms with Gasteiger partial charge in [0.05, 0.1) is 0 Å². The zero-order valence-corrected chi connectivity index (χ0v) is 12.0. The summed E-state index contributed by atoms with van der Waals surface area (Å²) < 4.78 is 2.22. The summed E-state index contributed by atoms with van der Waals surface area (Å²) in [5, 5.41) is 0. The van der Waals surface area contributed by atoms with E-state index in [9.17, 15) is 0 Å². The average molecular weight is 308 g/mol. The maximum atomic E-state index is 6.28. The quantitative estimate of drug-likeness (QED) is 0.761. The molecule has 0 heterocycles. The monoisotopic (exact) mass is 308 g/mol. The fourth-order valence-electron chi connectivity index (χ4n) is 1.42. The van der Waals surface area contributed by atoms with E-state index in [-0.39, 0.29) is 15.0 Å². The van der Waals surface area contributed by atoms with Crippen LogP contribution in [0.4, 0.5) is 0 Å². The fraction of sp³-hybridized carbons (Fsp3) is 0.0667. The predicted molar refractivity (Wildman–Crippen MR) is 76.8 cm³/mol. The first kappa shape index (κ1) is 12.4. The van der Waals surface area contributed by atoms with Crippen molar-refractivity contribution < 1.29 is 0 Å². The van der Waals surface area contributed by atoms with Gasteiger partial charge in [-0.05, 0) is 0 Å². The Hall–Kier alpha value is -1.01. The molecule has 0 spiro atoms. The summed E-state index contributed by atoms with van der Waals surface area (Å²) in [4.78, 5) is 0. The van der Waals surface area contributed by atoms with Crippen molar-refractivity contribution in [2.75, 3.05) is 0 Å². The maximum absolute atomic E-state index is 6.28. The van der Waals surface area contributed by atoms with Crippen LogP contribution < -0.4 is 4.46 Å². The minimum absolute atomic E-state index is 0.202. The van der Waals surface area contributed by atoms with Crippen LogP contribution in [0.15, 0.2) is 58.5 Å². The third-order valence-corrected chi connectivity index (χ3v) is 4.55. The fourth-order valence-corrected chi connectivity index (χ4v) is 3.51. The topological polar surface area (TPSA) is 0 Å². The summed E-state index contributed by atoms with van der Waals surface area (Å²) >= 11 is 6.48. The molecule has 0 N–H and O–H groups in total. The Kier molecular flexibility index (Phi) is 4.44. The molecule has 2 aromatic carbocycles. The zero-order valence-electron chi connectivity index (χ0n) is 9.56. The molecular formula is C15H13ClSe. The minimum atomic E-state index is 0.202. The molecule has 0 aromatic heterocycles. The summed E-state index contributed by atoms with van der Waals surface area (Å²) in [5.74, 6) is 0. The second kappa shape index (κ2) is 6.07. The van der Waals surface area contributed by atoms with Gasteiger partial charge in [0.2, 0.25) is 0 Å². The predicted octanol–water partition coefficient (Wildman–Crippen LogP) is 3.56. The second-order valence-electron chi connectivity index (χ2n) is 3.77. The van der Waals surface area contributed by atoms with Crippen LogP contribution >= 0.6 is 11.6 Å². The van der Waals surface area contributed by atoms with E-state index in [1.54, 1.807) is 0 Å². The molecule has 0 aliphatic heterocycles. The van der Waals surface area contributed by atoms with E-state index in [4.69, 9.17) is 11.6 Å². The Labute approximate surface area is 113 Å². The molecule has 86 valence electrons. The van der Waals surface area contributed by atoms with Gasteiger partial charge >= 0.3 is 114 Å². The van der Waals surface area contributed by atoms with E-state index in [1.165, 1.54) is 15.6 Å². The number of hydrogen-bond donors (Lipinski definition) is 0. The van der Waals surface area contributed by atoms with Crippen molar-refractivity contribution in [2.24, 2.45) is 0 Å². The molecule has 0 fully saturated rings. The van der Waals surface area contributed by atoms with Gasteiger partial charge in [-0.2, -0.15) is 0 Å². The number of hydrogen-bond acceptors (Lipinski definition) is 0. The molecule has 0 aliphatic carbocycles. The first-order valence-corrected chi connectivity index (χ1v) is 7.50. The molecule has 0 radical (unpaired) electrons. The number of rotatable bonds is 3. The summed E-state index contributed by atoms with van der Waals surface area (Å²) in [7, 11) is 0. The van der Waals surface area contributed by atoms with Gasteiger partial charge < -0.3 is 0 Å². The van der Waals surface area contributed by atoms with Gasteiger partial charge in [-0.1, -0.05) is 0 Å². The van der Waals surface area contributed by atoms with Crippen LogP contribution in [0.3, 0.4) is 0 Å². The Morgan fingerprint density at radius 3 is 2.29 bits per heavy atom. The number of halogens is 1. The van der Waals surface area contributed by atoms with E-state index in [2.05, 4.69) is 43.3 Å². The second-order valence-corrected chi connectivity index (χ2v) is 7.03. The van der Waals surface area contributed by atoms with Crippen molar-refractivity contribution in [3.05, 3.63) is 69.7 Å². The van der Waals surface area contributed by atoms with Crippen molar-refractivity contribution in [3.63, 3.8) is 0 Å². The van der Waals surface area contributed by atoms with Crippen molar-refractivity contribution in [2.45, 2.75) is 6.92 Å². The summed E-state index contributed by atoms with van der Waals surface area (Å²) in [6.07, 6.45) is 2.05. The molecule has 0 saturated heterocycles. The van der Waals surface area contributed by atoms with E-state index in [0.29, 0.717) is 0 Å². The summed E-state index contributed by atoms with van der Waals surface area (Å²) in [5.41, 5.74) is 2.44. The standard InChI is InChI=1S/C15H13ClSe/c1-12-7-9-13(10-8-12)11-15(16)17-14-5-3-2-4-6-14/h2-11H,1H3/b15-11-. The van der Waals surface area contributed by atoms with Crippen LogP contribution in [0.2, 0.25) is 0 Å². The number of benzene rings is 2. The van der Waals surface area contributed by atoms with E-state index >= 15 is 0 Å². The van der Waals surface area contributed by atoms with E-state index < -0.39 is 0 Å². The van der Waals surface area contributed by atoms with Gasteiger partial charge in [-0.25, -0.2) is 0 Å². The molecule has 0 atom stereocenters. The molecule has 2 heteroatoms. The van der Waals surface area contributed by atoms with Gasteiger partial charge in [-0.3, -0.25) is 0 Å². The van der Waals surface area contributed by atoms with Gasteiger partial charge in [-0.15, -0.1) is 0 Å². The zero-order chi connectivity index (χ0) is 12.1. The third-order valence-electron chi connectivity index (χ3n) is 2.32. The normalized spacial score (nSPS) is 11.5. The Balaban J connectivity index is 2.09. The van der Waals surface area contributed by atoms with Crippen LogP contribution in [-0.2, 0) is 0 Å². The number of aryl methyl sites for hydroxylation is 1. The third kappa shape index (κ3) is 4.05. The molecule has 0 aliphatic rings. The first-order valence-electron chi connectivity index (χ1n) is 5.41. The SMILES string of the molecule is Cc1ccc(/C=C(/Cl)[Se]c2ccccc2)cc1. The van der Waals surface area contributed by atoms with E-state index in [0.717, 1.165) is 3.93 Å². The Morgan fingerprint density at radius 2 is 1.65 bits per heavy atom. The molecule has 0 nitrogen and oxygen atoms in total. The van der Waals surface area contributed by atoms with Crippen molar-refractivity contribution >= 4 is 37.1 Å². The van der Waals surface area contributed by atoms with Gasteiger partial charge in [0.15, 0.2) is 0 Å². The first-order chi connectivity index (χ1) is 8.24. The van der Waals surface area contributed by atoms with Crippen LogP contribution in [-0.4, -0.2) is 15.0 Å². The molecule has 17 heavy (non-hydrogen) atoms. The van der Waals surface area contributed by atoms with Crippen LogP contribution in [0.1, 0.15) is 11.1 Å². The Morgan fingerprint density at radius 1 is 1.00 bits per heavy atom. The van der Waals surface area contributed by atoms with Gasteiger partial charge in [0, 0.05) is 0 Å². The summed E-state index contributed by atoms with van der Waals surface area (Å²) in [6, 6.07) is 18.8. The van der Waals surface area contributed by atoms with Crippen molar-refractivity contribution in [1.29, 1.82) is 0 Å². The molecular weight excluding hydrogens is 295 g/mol. The van der Waals surface area contributed by atoms with Gasteiger partial charge in [0.1, 0.15) is 0 Å². The van der Waals surface area contributed by atoms with Crippen molar-refractivity contribution in [3.8, 4) is 0 Å². The molecule has 0 amide bonds. The molecule has 0 saturated carbocycles. The molecule has 0 unspecified atom stereocenters. The van der Waals surface area contributed by atoms with E-state index in [1.807, 2.05) is 24.3 Å². The van der Waals surface area contributed by atoms with Gasteiger partial charge in [0.25, 0.3) is 0 Å². The molecule has 0 bridgehead atoms. The van der Waals surface area contributed by atoms with Crippen LogP contribution in [0, 0.1) is 6.92 Å². The van der Waals surface area contributed by atoms with Crippen LogP contribution in [0.25, 0.3) is 6.08 Å².